The highest BCUT2D eigenvalue weighted by Gasteiger charge is 2.42. The first-order valence-corrected chi connectivity index (χ1v) is 11.4. The number of hydrogen-bond acceptors (Lipinski definition) is 5. The van der Waals surface area contributed by atoms with Gasteiger partial charge in [-0.05, 0) is 36.8 Å². The molecule has 2 aromatic rings. The Morgan fingerprint density at radius 1 is 1.23 bits per heavy atom. The first-order valence-electron chi connectivity index (χ1n) is 10.6. The molecule has 0 spiro atoms. The molecule has 0 radical (unpaired) electrons. The third kappa shape index (κ3) is 4.22. The maximum Gasteiger partial charge on any atom is 0.336 e. The van der Waals surface area contributed by atoms with Gasteiger partial charge < -0.3 is 10.1 Å². The minimum atomic E-state index is -0.770. The Labute approximate surface area is 185 Å². The number of dihydropyridines is 1. The number of ether oxygens (including phenoxy) is 1. The molecule has 0 saturated carbocycles. The van der Waals surface area contributed by atoms with Crippen LogP contribution >= 0.6 is 11.3 Å². The summed E-state index contributed by atoms with van der Waals surface area (Å²) in [6.45, 7) is 5.97. The van der Waals surface area contributed by atoms with Crippen molar-refractivity contribution < 1.29 is 18.7 Å². The lowest BCUT2D eigenvalue weighted by molar-refractivity contribution is -0.140. The molecule has 31 heavy (non-hydrogen) atoms. The molecule has 1 aliphatic carbocycles. The fraction of sp³-hybridized carbons (Fsp3) is 0.360. The Kier molecular flexibility index (Phi) is 6.10. The molecule has 1 N–H and O–H groups in total. The van der Waals surface area contributed by atoms with E-state index >= 15 is 0 Å². The highest BCUT2D eigenvalue weighted by atomic mass is 32.1. The molecular weight excluding hydrogens is 413 g/mol. The van der Waals surface area contributed by atoms with E-state index in [1.54, 1.807) is 36.5 Å². The summed E-state index contributed by atoms with van der Waals surface area (Å²) < 4.78 is 20.4. The Hall–Kier alpha value is -2.73. The van der Waals surface area contributed by atoms with E-state index in [-0.39, 0.29) is 24.2 Å². The number of nitrogens with one attached hydrogen (secondary N) is 1. The molecule has 0 bridgehead atoms. The van der Waals surface area contributed by atoms with Crippen LogP contribution in [0.15, 0.2) is 64.3 Å². The van der Waals surface area contributed by atoms with Crippen molar-refractivity contribution in [2.75, 3.05) is 6.61 Å². The number of rotatable bonds is 5. The quantitative estimate of drug-likeness (QED) is 0.630. The summed E-state index contributed by atoms with van der Waals surface area (Å²) in [5.41, 5.74) is 2.52. The number of carbonyl (C=O) groups is 2. The van der Waals surface area contributed by atoms with Gasteiger partial charge in [-0.15, -0.1) is 11.3 Å². The van der Waals surface area contributed by atoms with E-state index in [0.29, 0.717) is 35.2 Å². The number of esters is 1. The Morgan fingerprint density at radius 2 is 2.00 bits per heavy atom. The van der Waals surface area contributed by atoms with Gasteiger partial charge in [0, 0.05) is 39.7 Å². The number of ketones is 1. The van der Waals surface area contributed by atoms with Crippen LogP contribution in [0.4, 0.5) is 4.39 Å². The molecule has 0 unspecified atom stereocenters. The van der Waals surface area contributed by atoms with Gasteiger partial charge in [-0.25, -0.2) is 9.18 Å². The van der Waals surface area contributed by atoms with Gasteiger partial charge in [0.05, 0.1) is 18.1 Å². The van der Waals surface area contributed by atoms with Crippen molar-refractivity contribution in [3.8, 4) is 0 Å². The van der Waals surface area contributed by atoms with Gasteiger partial charge >= 0.3 is 5.97 Å². The molecular formula is C25H26FNO3S. The second-order valence-electron chi connectivity index (χ2n) is 8.55. The van der Waals surface area contributed by atoms with Crippen LogP contribution in [-0.4, -0.2) is 18.4 Å². The summed E-state index contributed by atoms with van der Waals surface area (Å²) in [5.74, 6) is -1.51. The summed E-state index contributed by atoms with van der Waals surface area (Å²) in [4.78, 5) is 27.6. The molecule has 6 heteroatoms. The standard InChI is InChI=1S/C25H26FNO3S/c1-14(2)13-30-25(29)22-15(3)27-19-11-16(21-9-6-10-31-21)12-20(28)24(19)23(22)17-7-4-5-8-18(17)26/h4-10,14,16,23,27H,11-13H2,1-3H3/t16-,23-/m0/s1. The fourth-order valence-corrected chi connectivity index (χ4v) is 5.21. The third-order valence-corrected chi connectivity index (χ3v) is 6.79. The van der Waals surface area contributed by atoms with E-state index in [4.69, 9.17) is 4.74 Å². The molecule has 4 nitrogen and oxygen atoms in total. The first kappa shape index (κ1) is 21.5. The number of allylic oxidation sites excluding steroid dienone is 3. The van der Waals surface area contributed by atoms with Crippen LogP contribution in [-0.2, 0) is 14.3 Å². The topological polar surface area (TPSA) is 55.4 Å². The van der Waals surface area contributed by atoms with Crippen LogP contribution in [0.1, 0.15) is 55.9 Å². The van der Waals surface area contributed by atoms with Crippen molar-refractivity contribution >= 4 is 23.1 Å². The zero-order valence-corrected chi connectivity index (χ0v) is 18.7. The number of halogens is 1. The smallest absolute Gasteiger partial charge is 0.336 e. The molecule has 0 fully saturated rings. The summed E-state index contributed by atoms with van der Waals surface area (Å²) in [5, 5.41) is 5.31. The number of benzene rings is 1. The predicted octanol–water partition coefficient (Wildman–Crippen LogP) is 5.45. The Morgan fingerprint density at radius 3 is 2.68 bits per heavy atom. The lowest BCUT2D eigenvalue weighted by Gasteiger charge is -2.36. The highest BCUT2D eigenvalue weighted by Crippen LogP contribution is 2.46. The van der Waals surface area contributed by atoms with E-state index in [0.717, 1.165) is 10.6 Å². The van der Waals surface area contributed by atoms with E-state index < -0.39 is 17.7 Å². The van der Waals surface area contributed by atoms with Gasteiger partial charge in [0.15, 0.2) is 5.78 Å². The molecule has 2 atom stereocenters. The lowest BCUT2D eigenvalue weighted by atomic mass is 9.72. The van der Waals surface area contributed by atoms with E-state index in [1.807, 2.05) is 31.4 Å². The maximum absolute atomic E-state index is 14.9. The van der Waals surface area contributed by atoms with Gasteiger partial charge in [-0.2, -0.15) is 0 Å². The highest BCUT2D eigenvalue weighted by molar-refractivity contribution is 7.10. The number of hydrogen-bond donors (Lipinski definition) is 1. The largest absolute Gasteiger partial charge is 0.462 e. The zero-order valence-electron chi connectivity index (χ0n) is 17.9. The Balaban J connectivity index is 1.79. The van der Waals surface area contributed by atoms with Crippen LogP contribution in [0.5, 0.6) is 0 Å². The monoisotopic (exact) mass is 439 g/mol. The summed E-state index contributed by atoms with van der Waals surface area (Å²) in [6.07, 6.45) is 0.998. The van der Waals surface area contributed by atoms with Crippen molar-refractivity contribution in [2.45, 2.75) is 45.4 Å². The molecule has 162 valence electrons. The number of carbonyl (C=O) groups excluding carboxylic acids is 2. The molecule has 2 heterocycles. The minimum absolute atomic E-state index is 0.0536. The van der Waals surface area contributed by atoms with Gasteiger partial charge in [0.1, 0.15) is 5.82 Å². The summed E-state index contributed by atoms with van der Waals surface area (Å²) in [7, 11) is 0. The normalized spacial score (nSPS) is 21.3. The first-order chi connectivity index (χ1) is 14.9. The van der Waals surface area contributed by atoms with E-state index in [1.165, 1.54) is 6.07 Å². The third-order valence-electron chi connectivity index (χ3n) is 5.76. The Bertz CT molecular complexity index is 1070. The van der Waals surface area contributed by atoms with Crippen LogP contribution in [0.2, 0.25) is 0 Å². The van der Waals surface area contributed by atoms with Crippen molar-refractivity contribution in [2.24, 2.45) is 5.92 Å². The molecule has 0 saturated heterocycles. The number of Topliss-reactive ketones (excluding diaryl/α,β-unsaturated/α-hetero) is 1. The van der Waals surface area contributed by atoms with Crippen LogP contribution in [0.3, 0.4) is 0 Å². The van der Waals surface area contributed by atoms with Crippen molar-refractivity contribution in [1.29, 1.82) is 0 Å². The zero-order chi connectivity index (χ0) is 22.1. The van der Waals surface area contributed by atoms with Gasteiger partial charge in [0.25, 0.3) is 0 Å². The predicted molar refractivity (Wildman–Crippen MR) is 119 cm³/mol. The van der Waals surface area contributed by atoms with E-state index in [2.05, 4.69) is 5.32 Å². The number of thiophene rings is 1. The second kappa shape index (κ2) is 8.79. The van der Waals surface area contributed by atoms with Crippen molar-refractivity contribution in [3.05, 3.63) is 80.6 Å². The summed E-state index contributed by atoms with van der Waals surface area (Å²) in [6, 6.07) is 10.4. The van der Waals surface area contributed by atoms with E-state index in [9.17, 15) is 14.0 Å². The van der Waals surface area contributed by atoms with Crippen LogP contribution in [0.25, 0.3) is 0 Å². The molecule has 0 amide bonds. The fourth-order valence-electron chi connectivity index (χ4n) is 4.37. The molecule has 1 aliphatic heterocycles. The lowest BCUT2D eigenvalue weighted by Crippen LogP contribution is -2.36. The molecule has 1 aromatic carbocycles. The van der Waals surface area contributed by atoms with Gasteiger partial charge in [-0.1, -0.05) is 38.1 Å². The second-order valence-corrected chi connectivity index (χ2v) is 9.53. The average Bonchev–Trinajstić information content (AvgIpc) is 3.26. The van der Waals surface area contributed by atoms with Crippen LogP contribution in [0, 0.1) is 11.7 Å². The molecule has 4 rings (SSSR count). The van der Waals surface area contributed by atoms with Crippen molar-refractivity contribution in [3.63, 3.8) is 0 Å². The van der Waals surface area contributed by atoms with Gasteiger partial charge in [0.2, 0.25) is 0 Å². The van der Waals surface area contributed by atoms with Gasteiger partial charge in [-0.3, -0.25) is 4.79 Å². The minimum Gasteiger partial charge on any atom is -0.462 e. The van der Waals surface area contributed by atoms with Crippen molar-refractivity contribution in [1.82, 2.24) is 5.32 Å². The SMILES string of the molecule is CC1=C(C(=O)OCC(C)C)[C@H](c2ccccc2F)C2=C(C[C@H](c3cccs3)CC2=O)N1. The molecule has 1 aromatic heterocycles. The molecule has 2 aliphatic rings. The maximum atomic E-state index is 14.9. The summed E-state index contributed by atoms with van der Waals surface area (Å²) >= 11 is 1.64. The van der Waals surface area contributed by atoms with Crippen LogP contribution < -0.4 is 5.32 Å². The average molecular weight is 440 g/mol.